The first-order valence-corrected chi connectivity index (χ1v) is 9.34. The van der Waals surface area contributed by atoms with E-state index in [0.717, 1.165) is 18.2 Å². The zero-order valence-electron chi connectivity index (χ0n) is 16.5. The largest absolute Gasteiger partial charge is 0.493 e. The van der Waals surface area contributed by atoms with Crippen LogP contribution in [0.2, 0.25) is 0 Å². The first kappa shape index (κ1) is 24.3. The lowest BCUT2D eigenvalue weighted by Gasteiger charge is -2.39. The van der Waals surface area contributed by atoms with Gasteiger partial charge in [-0.25, -0.2) is 14.4 Å². The SMILES string of the molecule is CC1OC(CCCOc2cc(OC(C(=O)O)C(=O)O)cc(C(=O)O)c2)C(O)C(O)C1O. The summed E-state index contributed by atoms with van der Waals surface area (Å²) < 4.78 is 15.8. The number of rotatable bonds is 10. The highest BCUT2D eigenvalue weighted by atomic mass is 16.5. The van der Waals surface area contributed by atoms with Crippen LogP contribution in [0.15, 0.2) is 18.2 Å². The topological polar surface area (TPSA) is 200 Å². The molecule has 0 saturated carbocycles. The van der Waals surface area contributed by atoms with Crippen molar-refractivity contribution in [3.63, 3.8) is 0 Å². The highest BCUT2D eigenvalue weighted by Gasteiger charge is 2.41. The molecule has 1 aromatic rings. The van der Waals surface area contributed by atoms with Gasteiger partial charge in [0.05, 0.1) is 24.4 Å². The minimum atomic E-state index is -2.23. The molecule has 2 rings (SSSR count). The van der Waals surface area contributed by atoms with E-state index in [4.69, 9.17) is 24.4 Å². The number of benzene rings is 1. The molecule has 1 aliphatic rings. The number of aliphatic carboxylic acids is 2. The molecule has 5 atom stereocenters. The Labute approximate surface area is 176 Å². The highest BCUT2D eigenvalue weighted by Crippen LogP contribution is 2.26. The van der Waals surface area contributed by atoms with Crippen LogP contribution in [0.5, 0.6) is 11.5 Å². The Balaban J connectivity index is 2.01. The summed E-state index contributed by atoms with van der Waals surface area (Å²) in [7, 11) is 0. The van der Waals surface area contributed by atoms with Crippen molar-refractivity contribution in [2.24, 2.45) is 0 Å². The van der Waals surface area contributed by atoms with Gasteiger partial charge in [0, 0.05) is 6.07 Å². The van der Waals surface area contributed by atoms with Gasteiger partial charge in [-0.15, -0.1) is 0 Å². The van der Waals surface area contributed by atoms with Crippen molar-refractivity contribution in [2.75, 3.05) is 6.61 Å². The minimum absolute atomic E-state index is 0.00152. The molecule has 5 unspecified atom stereocenters. The molecular weight excluding hydrogens is 420 g/mol. The van der Waals surface area contributed by atoms with Gasteiger partial charge in [-0.2, -0.15) is 0 Å². The molecular formula is C19H24O12. The average molecular weight is 444 g/mol. The summed E-state index contributed by atoms with van der Waals surface area (Å²) in [6, 6.07) is 3.27. The second kappa shape index (κ2) is 10.4. The molecule has 1 aromatic carbocycles. The van der Waals surface area contributed by atoms with Crippen molar-refractivity contribution < 1.29 is 59.2 Å². The zero-order valence-corrected chi connectivity index (χ0v) is 16.5. The van der Waals surface area contributed by atoms with Crippen molar-refractivity contribution in [1.29, 1.82) is 0 Å². The number of carbonyl (C=O) groups is 3. The van der Waals surface area contributed by atoms with Crippen molar-refractivity contribution in [2.45, 2.75) is 56.4 Å². The molecule has 0 aromatic heterocycles. The molecule has 172 valence electrons. The molecule has 0 bridgehead atoms. The summed E-state index contributed by atoms with van der Waals surface area (Å²) in [5.74, 6) is -5.20. The summed E-state index contributed by atoms with van der Waals surface area (Å²) in [5.41, 5.74) is -0.306. The third-order valence-corrected chi connectivity index (χ3v) is 4.68. The van der Waals surface area contributed by atoms with E-state index < -0.39 is 54.5 Å². The molecule has 1 aliphatic heterocycles. The fraction of sp³-hybridized carbons (Fsp3) is 0.526. The average Bonchev–Trinajstić information content (AvgIpc) is 2.70. The van der Waals surface area contributed by atoms with Gasteiger partial charge in [-0.05, 0) is 31.9 Å². The molecule has 1 saturated heterocycles. The maximum Gasteiger partial charge on any atom is 0.356 e. The molecule has 1 heterocycles. The summed E-state index contributed by atoms with van der Waals surface area (Å²) in [6.45, 7) is 1.59. The maximum atomic E-state index is 11.3. The van der Waals surface area contributed by atoms with E-state index in [-0.39, 0.29) is 30.1 Å². The van der Waals surface area contributed by atoms with E-state index in [2.05, 4.69) is 0 Å². The standard InChI is InChI=1S/C19H24O12/c1-8-13(20)15(22)14(21)12(30-8)3-2-4-29-10-5-9(17(23)24)6-11(7-10)31-16(18(25)26)19(27)28/h5-8,12-16,20-22H,2-4H2,1H3,(H,23,24)(H,25,26)(H,27,28). The first-order chi connectivity index (χ1) is 14.5. The van der Waals surface area contributed by atoms with Crippen LogP contribution in [-0.4, -0.2) is 91.8 Å². The second-order valence-corrected chi connectivity index (χ2v) is 7.01. The quantitative estimate of drug-likeness (QED) is 0.197. The predicted octanol–water partition coefficient (Wildman–Crippen LogP) is -0.670. The Bertz CT molecular complexity index is 795. The number of carboxylic acids is 3. The Morgan fingerprint density at radius 1 is 0.968 bits per heavy atom. The Morgan fingerprint density at radius 3 is 2.16 bits per heavy atom. The lowest BCUT2D eigenvalue weighted by atomic mass is 9.93. The number of ether oxygens (including phenoxy) is 3. The van der Waals surface area contributed by atoms with Crippen LogP contribution >= 0.6 is 0 Å². The Morgan fingerprint density at radius 2 is 1.58 bits per heavy atom. The summed E-state index contributed by atoms with van der Waals surface area (Å²) in [4.78, 5) is 33.3. The minimum Gasteiger partial charge on any atom is -0.493 e. The Kier molecular flexibility index (Phi) is 8.16. The molecule has 0 amide bonds. The normalized spacial score (nSPS) is 25.8. The van der Waals surface area contributed by atoms with Crippen molar-refractivity contribution in [3.05, 3.63) is 23.8 Å². The third-order valence-electron chi connectivity index (χ3n) is 4.68. The molecule has 0 spiro atoms. The van der Waals surface area contributed by atoms with E-state index in [1.165, 1.54) is 0 Å². The molecule has 0 radical (unpaired) electrons. The molecule has 1 fully saturated rings. The number of aliphatic hydroxyl groups excluding tert-OH is 3. The van der Waals surface area contributed by atoms with Gasteiger partial charge >= 0.3 is 17.9 Å². The predicted molar refractivity (Wildman–Crippen MR) is 100 cm³/mol. The van der Waals surface area contributed by atoms with Crippen LogP contribution in [0, 0.1) is 0 Å². The van der Waals surface area contributed by atoms with Crippen molar-refractivity contribution in [3.8, 4) is 11.5 Å². The number of aliphatic hydroxyl groups is 3. The van der Waals surface area contributed by atoms with Crippen LogP contribution < -0.4 is 9.47 Å². The van der Waals surface area contributed by atoms with Gasteiger partial charge in [0.1, 0.15) is 29.8 Å². The molecule has 12 nitrogen and oxygen atoms in total. The van der Waals surface area contributed by atoms with Gasteiger partial charge in [-0.1, -0.05) is 0 Å². The van der Waals surface area contributed by atoms with Crippen LogP contribution in [0.3, 0.4) is 0 Å². The molecule has 6 N–H and O–H groups in total. The molecule has 31 heavy (non-hydrogen) atoms. The van der Waals surface area contributed by atoms with Crippen molar-refractivity contribution in [1.82, 2.24) is 0 Å². The second-order valence-electron chi connectivity index (χ2n) is 7.01. The fourth-order valence-corrected chi connectivity index (χ4v) is 3.04. The zero-order chi connectivity index (χ0) is 23.3. The first-order valence-electron chi connectivity index (χ1n) is 9.34. The van der Waals surface area contributed by atoms with Gasteiger partial charge < -0.3 is 44.8 Å². The van der Waals surface area contributed by atoms with Crippen LogP contribution in [-0.2, 0) is 14.3 Å². The van der Waals surface area contributed by atoms with Gasteiger partial charge in [0.15, 0.2) is 0 Å². The van der Waals surface area contributed by atoms with E-state index in [9.17, 15) is 34.8 Å². The lowest BCUT2D eigenvalue weighted by Crippen LogP contribution is -2.56. The van der Waals surface area contributed by atoms with Gasteiger partial charge in [0.25, 0.3) is 6.10 Å². The van der Waals surface area contributed by atoms with Gasteiger partial charge in [-0.3, -0.25) is 0 Å². The summed E-state index contributed by atoms with van der Waals surface area (Å²) in [6.07, 6.45) is -6.91. The lowest BCUT2D eigenvalue weighted by molar-refractivity contribution is -0.218. The summed E-state index contributed by atoms with van der Waals surface area (Å²) in [5, 5.41) is 56.5. The third kappa shape index (κ3) is 6.28. The van der Waals surface area contributed by atoms with Crippen LogP contribution in [0.25, 0.3) is 0 Å². The van der Waals surface area contributed by atoms with E-state index in [0.29, 0.717) is 6.42 Å². The van der Waals surface area contributed by atoms with Crippen LogP contribution in [0.1, 0.15) is 30.1 Å². The summed E-state index contributed by atoms with van der Waals surface area (Å²) >= 11 is 0. The number of carboxylic acid groups (broad SMARTS) is 3. The van der Waals surface area contributed by atoms with Crippen LogP contribution in [0.4, 0.5) is 0 Å². The number of hydrogen-bond acceptors (Lipinski definition) is 9. The number of aromatic carboxylic acids is 1. The monoisotopic (exact) mass is 444 g/mol. The van der Waals surface area contributed by atoms with E-state index >= 15 is 0 Å². The Hall–Kier alpha value is -2.93. The number of hydrogen-bond donors (Lipinski definition) is 6. The molecule has 0 aliphatic carbocycles. The maximum absolute atomic E-state index is 11.3. The smallest absolute Gasteiger partial charge is 0.356 e. The van der Waals surface area contributed by atoms with E-state index in [1.807, 2.05) is 0 Å². The highest BCUT2D eigenvalue weighted by molar-refractivity contribution is 5.96. The van der Waals surface area contributed by atoms with Gasteiger partial charge in [0.2, 0.25) is 0 Å². The van der Waals surface area contributed by atoms with Crippen molar-refractivity contribution >= 4 is 17.9 Å². The van der Waals surface area contributed by atoms with E-state index in [1.54, 1.807) is 6.92 Å². The fourth-order valence-electron chi connectivity index (χ4n) is 3.04. The molecule has 12 heteroatoms.